The summed E-state index contributed by atoms with van der Waals surface area (Å²) in [5.74, 6) is 0.663. The molecule has 0 radical (unpaired) electrons. The molecular formula is C13H21N. The van der Waals surface area contributed by atoms with Gasteiger partial charge in [0.05, 0.1) is 0 Å². The zero-order chi connectivity index (χ0) is 10.6. The summed E-state index contributed by atoms with van der Waals surface area (Å²) < 4.78 is 0. The molecule has 78 valence electrons. The molecule has 1 heteroatoms. The summed E-state index contributed by atoms with van der Waals surface area (Å²) in [6.45, 7) is 6.59. The molecule has 1 unspecified atom stereocenters. The molecule has 14 heavy (non-hydrogen) atoms. The average molecular weight is 191 g/mol. The molecule has 0 aromatic heterocycles. The molecule has 1 nitrogen and oxygen atoms in total. The van der Waals surface area contributed by atoms with Gasteiger partial charge in [-0.25, -0.2) is 0 Å². The molecule has 2 N–H and O–H groups in total. The number of benzene rings is 1. The number of nitrogens with two attached hydrogens (primary N) is 1. The average Bonchev–Trinajstić information content (AvgIpc) is 2.17. The Labute approximate surface area is 87.3 Å². The molecule has 0 aliphatic heterocycles. The number of hydrogen-bond donors (Lipinski definition) is 1. The first kappa shape index (κ1) is 11.3. The monoisotopic (exact) mass is 191 g/mol. The van der Waals surface area contributed by atoms with Crippen LogP contribution in [0.15, 0.2) is 24.3 Å². The van der Waals surface area contributed by atoms with E-state index in [9.17, 15) is 0 Å². The number of hydrogen-bond acceptors (Lipinski definition) is 1. The van der Waals surface area contributed by atoms with Gasteiger partial charge in [0.2, 0.25) is 0 Å². The van der Waals surface area contributed by atoms with Crippen LogP contribution in [0.1, 0.15) is 44.4 Å². The Bertz CT molecular complexity index is 261. The van der Waals surface area contributed by atoms with Gasteiger partial charge in [0, 0.05) is 6.04 Å². The molecule has 1 aromatic rings. The second-order valence-electron chi connectivity index (χ2n) is 4.33. The SMILES string of the molecule is CCc1ccc(C(N)CC(C)C)cc1. The van der Waals surface area contributed by atoms with E-state index in [0.29, 0.717) is 5.92 Å². The Kier molecular flexibility index (Phi) is 4.15. The van der Waals surface area contributed by atoms with Gasteiger partial charge in [0.1, 0.15) is 0 Å². The van der Waals surface area contributed by atoms with Crippen molar-refractivity contribution in [1.82, 2.24) is 0 Å². The Balaban J connectivity index is 2.66. The first-order chi connectivity index (χ1) is 6.63. The molecular weight excluding hydrogens is 170 g/mol. The second kappa shape index (κ2) is 5.16. The minimum Gasteiger partial charge on any atom is -0.324 e. The molecule has 1 aromatic carbocycles. The second-order valence-corrected chi connectivity index (χ2v) is 4.33. The predicted octanol–water partition coefficient (Wildman–Crippen LogP) is 3.29. The number of rotatable bonds is 4. The highest BCUT2D eigenvalue weighted by atomic mass is 14.6. The van der Waals surface area contributed by atoms with Crippen molar-refractivity contribution in [3.63, 3.8) is 0 Å². The molecule has 0 heterocycles. The van der Waals surface area contributed by atoms with Gasteiger partial charge in [-0.2, -0.15) is 0 Å². The lowest BCUT2D eigenvalue weighted by Crippen LogP contribution is -2.12. The fourth-order valence-electron chi connectivity index (χ4n) is 1.64. The van der Waals surface area contributed by atoms with Gasteiger partial charge < -0.3 is 5.73 Å². The Hall–Kier alpha value is -0.820. The maximum atomic E-state index is 6.09. The molecule has 0 bridgehead atoms. The van der Waals surface area contributed by atoms with Crippen LogP contribution in [0.4, 0.5) is 0 Å². The lowest BCUT2D eigenvalue weighted by molar-refractivity contribution is 0.510. The highest BCUT2D eigenvalue weighted by Gasteiger charge is 2.07. The van der Waals surface area contributed by atoms with Crippen LogP contribution in [0.3, 0.4) is 0 Å². The quantitative estimate of drug-likeness (QED) is 0.776. The summed E-state index contributed by atoms with van der Waals surface area (Å²) in [5, 5.41) is 0. The fraction of sp³-hybridized carbons (Fsp3) is 0.538. The van der Waals surface area contributed by atoms with E-state index in [1.165, 1.54) is 11.1 Å². The van der Waals surface area contributed by atoms with Gasteiger partial charge in [-0.3, -0.25) is 0 Å². The van der Waals surface area contributed by atoms with Crippen molar-refractivity contribution in [1.29, 1.82) is 0 Å². The fourth-order valence-corrected chi connectivity index (χ4v) is 1.64. The van der Waals surface area contributed by atoms with Crippen LogP contribution in [0.25, 0.3) is 0 Å². The molecule has 0 saturated carbocycles. The molecule has 0 spiro atoms. The lowest BCUT2D eigenvalue weighted by Gasteiger charge is -2.14. The predicted molar refractivity (Wildman–Crippen MR) is 62.2 cm³/mol. The van der Waals surface area contributed by atoms with Crippen molar-refractivity contribution in [3.05, 3.63) is 35.4 Å². The van der Waals surface area contributed by atoms with Crippen molar-refractivity contribution >= 4 is 0 Å². The molecule has 0 aliphatic rings. The summed E-state index contributed by atoms with van der Waals surface area (Å²) >= 11 is 0. The third-order valence-corrected chi connectivity index (χ3v) is 2.54. The van der Waals surface area contributed by atoms with Gasteiger partial charge in [-0.15, -0.1) is 0 Å². The topological polar surface area (TPSA) is 26.0 Å². The Morgan fingerprint density at radius 1 is 1.14 bits per heavy atom. The zero-order valence-corrected chi connectivity index (χ0v) is 9.46. The molecule has 0 saturated heterocycles. The Morgan fingerprint density at radius 2 is 1.71 bits per heavy atom. The third kappa shape index (κ3) is 3.15. The van der Waals surface area contributed by atoms with Crippen molar-refractivity contribution in [2.45, 2.75) is 39.7 Å². The summed E-state index contributed by atoms with van der Waals surface area (Å²) in [6, 6.07) is 8.86. The first-order valence-electron chi connectivity index (χ1n) is 5.48. The van der Waals surface area contributed by atoms with E-state index in [1.54, 1.807) is 0 Å². The standard InChI is InChI=1S/C13H21N/c1-4-11-5-7-12(8-6-11)13(14)9-10(2)3/h5-8,10,13H,4,9,14H2,1-3H3. The van der Waals surface area contributed by atoms with Crippen LogP contribution in [-0.4, -0.2) is 0 Å². The van der Waals surface area contributed by atoms with Crippen LogP contribution >= 0.6 is 0 Å². The van der Waals surface area contributed by atoms with Gasteiger partial charge in [-0.05, 0) is 29.9 Å². The molecule has 0 amide bonds. The van der Waals surface area contributed by atoms with Crippen LogP contribution in [0, 0.1) is 5.92 Å². The van der Waals surface area contributed by atoms with Crippen molar-refractivity contribution < 1.29 is 0 Å². The third-order valence-electron chi connectivity index (χ3n) is 2.54. The maximum absolute atomic E-state index is 6.09. The van der Waals surface area contributed by atoms with E-state index in [-0.39, 0.29) is 6.04 Å². The highest BCUT2D eigenvalue weighted by Crippen LogP contribution is 2.19. The minimum absolute atomic E-state index is 0.195. The van der Waals surface area contributed by atoms with Gasteiger partial charge in [-0.1, -0.05) is 45.0 Å². The van der Waals surface area contributed by atoms with Crippen molar-refractivity contribution in [2.75, 3.05) is 0 Å². The summed E-state index contributed by atoms with van der Waals surface area (Å²) in [4.78, 5) is 0. The van der Waals surface area contributed by atoms with E-state index in [2.05, 4.69) is 45.0 Å². The van der Waals surface area contributed by atoms with E-state index in [4.69, 9.17) is 5.73 Å². The van der Waals surface area contributed by atoms with E-state index in [1.807, 2.05) is 0 Å². The largest absolute Gasteiger partial charge is 0.324 e. The van der Waals surface area contributed by atoms with Crippen LogP contribution < -0.4 is 5.73 Å². The van der Waals surface area contributed by atoms with Crippen molar-refractivity contribution in [3.8, 4) is 0 Å². The molecule has 1 atom stereocenters. The minimum atomic E-state index is 0.195. The van der Waals surface area contributed by atoms with Crippen LogP contribution in [-0.2, 0) is 6.42 Å². The first-order valence-corrected chi connectivity index (χ1v) is 5.48. The van der Waals surface area contributed by atoms with Gasteiger partial charge in [0.15, 0.2) is 0 Å². The zero-order valence-electron chi connectivity index (χ0n) is 9.46. The summed E-state index contributed by atoms with van der Waals surface area (Å²) in [7, 11) is 0. The lowest BCUT2D eigenvalue weighted by atomic mass is 9.97. The molecule has 0 aliphatic carbocycles. The maximum Gasteiger partial charge on any atom is 0.0297 e. The normalized spacial score (nSPS) is 13.2. The van der Waals surface area contributed by atoms with E-state index >= 15 is 0 Å². The molecule has 0 fully saturated rings. The highest BCUT2D eigenvalue weighted by molar-refractivity contribution is 5.24. The van der Waals surface area contributed by atoms with E-state index < -0.39 is 0 Å². The summed E-state index contributed by atoms with van der Waals surface area (Å²) in [6.07, 6.45) is 2.16. The smallest absolute Gasteiger partial charge is 0.0297 e. The summed E-state index contributed by atoms with van der Waals surface area (Å²) in [5.41, 5.74) is 8.73. The van der Waals surface area contributed by atoms with Crippen molar-refractivity contribution in [2.24, 2.45) is 11.7 Å². The number of aryl methyl sites for hydroxylation is 1. The Morgan fingerprint density at radius 3 is 2.14 bits per heavy atom. The van der Waals surface area contributed by atoms with Crippen LogP contribution in [0.5, 0.6) is 0 Å². The van der Waals surface area contributed by atoms with Gasteiger partial charge >= 0.3 is 0 Å². The molecule has 1 rings (SSSR count). The van der Waals surface area contributed by atoms with Gasteiger partial charge in [0.25, 0.3) is 0 Å². The van der Waals surface area contributed by atoms with E-state index in [0.717, 1.165) is 12.8 Å². The van der Waals surface area contributed by atoms with Crippen LogP contribution in [0.2, 0.25) is 0 Å².